The first-order valence-electron chi connectivity index (χ1n) is 12.5. The van der Waals surface area contributed by atoms with Gasteiger partial charge < -0.3 is 9.53 Å². The molecule has 2 aromatic rings. The number of carboxylic acid groups (broad SMARTS) is 1. The van der Waals surface area contributed by atoms with E-state index in [9.17, 15) is 4.79 Å². The zero-order valence-corrected chi connectivity index (χ0v) is 21.8. The Morgan fingerprint density at radius 3 is 1.76 bits per heavy atom. The minimum absolute atomic E-state index is 0.0279. The molecule has 0 heterocycles. The van der Waals surface area contributed by atoms with Crippen molar-refractivity contribution in [2.45, 2.75) is 83.6 Å². The number of rotatable bonds is 15. The fourth-order valence-electron chi connectivity index (χ4n) is 4.48. The second kappa shape index (κ2) is 14.2. The summed E-state index contributed by atoms with van der Waals surface area (Å²) in [5.41, 5.74) is 0. The van der Waals surface area contributed by atoms with E-state index in [-0.39, 0.29) is 5.04 Å². The first-order chi connectivity index (χ1) is 15.9. The van der Waals surface area contributed by atoms with Crippen LogP contribution in [0.2, 0.25) is 5.04 Å². The van der Waals surface area contributed by atoms with E-state index < -0.39 is 14.3 Å². The first kappa shape index (κ1) is 27.1. The van der Waals surface area contributed by atoms with Gasteiger partial charge >= 0.3 is 5.97 Å². The Labute approximate surface area is 202 Å². The summed E-state index contributed by atoms with van der Waals surface area (Å²) in [6.45, 7) is 7.75. The highest BCUT2D eigenvalue weighted by atomic mass is 28.4. The maximum atomic E-state index is 10.5. The van der Waals surface area contributed by atoms with E-state index >= 15 is 0 Å². The topological polar surface area (TPSA) is 46.5 Å². The van der Waals surface area contributed by atoms with Crippen molar-refractivity contribution in [2.24, 2.45) is 0 Å². The van der Waals surface area contributed by atoms with Crippen LogP contribution in [0, 0.1) is 0 Å². The van der Waals surface area contributed by atoms with Crippen molar-refractivity contribution < 1.29 is 14.3 Å². The second-order valence-corrected chi connectivity index (χ2v) is 14.1. The van der Waals surface area contributed by atoms with Gasteiger partial charge in [0.2, 0.25) is 0 Å². The Hall–Kier alpha value is -2.17. The van der Waals surface area contributed by atoms with E-state index in [1.807, 2.05) is 0 Å². The van der Waals surface area contributed by atoms with Crippen molar-refractivity contribution in [3.63, 3.8) is 0 Å². The molecule has 0 fully saturated rings. The summed E-state index contributed by atoms with van der Waals surface area (Å²) in [5.74, 6) is -0.686. The molecule has 0 bridgehead atoms. The van der Waals surface area contributed by atoms with E-state index in [1.165, 1.54) is 10.4 Å². The summed E-state index contributed by atoms with van der Waals surface area (Å²) in [4.78, 5) is 10.5. The molecule has 0 aliphatic carbocycles. The molecule has 0 aliphatic heterocycles. The summed E-state index contributed by atoms with van der Waals surface area (Å²) >= 11 is 0. The molecule has 0 unspecified atom stereocenters. The highest BCUT2D eigenvalue weighted by Crippen LogP contribution is 2.36. The van der Waals surface area contributed by atoms with Gasteiger partial charge in [-0.1, -0.05) is 106 Å². The monoisotopic (exact) mass is 466 g/mol. The Bertz CT molecular complexity index is 785. The number of hydrogen-bond acceptors (Lipinski definition) is 2. The Kier molecular flexibility index (Phi) is 11.6. The van der Waals surface area contributed by atoms with Crippen LogP contribution < -0.4 is 10.4 Å². The Morgan fingerprint density at radius 1 is 0.788 bits per heavy atom. The number of benzene rings is 2. The molecular weight excluding hydrogens is 424 g/mol. The molecule has 0 radical (unpaired) electrons. The van der Waals surface area contributed by atoms with Crippen LogP contribution in [0.3, 0.4) is 0 Å². The number of carbonyl (C=O) groups is 1. The third-order valence-corrected chi connectivity index (χ3v) is 11.2. The number of aliphatic carboxylic acids is 1. The number of unbranched alkanes of at least 4 members (excludes halogenated alkanes) is 6. The first-order valence-corrected chi connectivity index (χ1v) is 14.4. The van der Waals surface area contributed by atoms with E-state index in [0.717, 1.165) is 58.0 Å². The van der Waals surface area contributed by atoms with Crippen molar-refractivity contribution >= 4 is 24.7 Å². The summed E-state index contributed by atoms with van der Waals surface area (Å²) in [7, 11) is -2.41. The van der Waals surface area contributed by atoms with Crippen LogP contribution in [-0.2, 0) is 9.22 Å². The van der Waals surface area contributed by atoms with Gasteiger partial charge in [-0.05, 0) is 53.9 Å². The van der Waals surface area contributed by atoms with E-state index in [2.05, 4.69) is 93.6 Å². The van der Waals surface area contributed by atoms with E-state index in [1.54, 1.807) is 0 Å². The minimum Gasteiger partial charge on any atom is -0.481 e. The highest BCUT2D eigenvalue weighted by molar-refractivity contribution is 6.99. The normalized spacial score (nSPS) is 12.3. The Balaban J connectivity index is 1.84. The van der Waals surface area contributed by atoms with Gasteiger partial charge in [-0.3, -0.25) is 4.79 Å². The fourth-order valence-corrected chi connectivity index (χ4v) is 9.08. The van der Waals surface area contributed by atoms with Gasteiger partial charge in [-0.15, -0.1) is 0 Å². The van der Waals surface area contributed by atoms with Crippen LogP contribution in [0.15, 0.2) is 72.8 Å². The molecule has 0 aromatic heterocycles. The van der Waals surface area contributed by atoms with Gasteiger partial charge in [-0.25, -0.2) is 0 Å². The van der Waals surface area contributed by atoms with Crippen LogP contribution in [0.5, 0.6) is 0 Å². The molecule has 2 aromatic carbocycles. The van der Waals surface area contributed by atoms with Crippen LogP contribution >= 0.6 is 0 Å². The third kappa shape index (κ3) is 8.60. The molecule has 0 atom stereocenters. The van der Waals surface area contributed by atoms with Crippen LogP contribution in [0.4, 0.5) is 0 Å². The fraction of sp³-hybridized carbons (Fsp3) is 0.483. The predicted octanol–water partition coefficient (Wildman–Crippen LogP) is 6.71. The SMILES string of the molecule is CC(C)(C)[Si](OCCCC/C=C\CCCCCCC(=O)O)(c1ccccc1)c1ccccc1. The second-order valence-electron chi connectivity index (χ2n) is 9.83. The Morgan fingerprint density at radius 2 is 1.27 bits per heavy atom. The molecule has 2 rings (SSSR count). The van der Waals surface area contributed by atoms with Crippen LogP contribution in [0.1, 0.15) is 78.6 Å². The average molecular weight is 467 g/mol. The molecule has 1 N–H and O–H groups in total. The smallest absolute Gasteiger partial charge is 0.303 e. The van der Waals surface area contributed by atoms with Crippen LogP contribution in [0.25, 0.3) is 0 Å². The van der Waals surface area contributed by atoms with Crippen molar-refractivity contribution in [1.82, 2.24) is 0 Å². The minimum atomic E-state index is -2.41. The van der Waals surface area contributed by atoms with Crippen molar-refractivity contribution in [1.29, 1.82) is 0 Å². The lowest BCUT2D eigenvalue weighted by Crippen LogP contribution is -2.66. The summed E-state index contributed by atoms with van der Waals surface area (Å²) in [6, 6.07) is 21.7. The van der Waals surface area contributed by atoms with Gasteiger partial charge in [0.15, 0.2) is 0 Å². The quantitative estimate of drug-likeness (QED) is 0.180. The lowest BCUT2D eigenvalue weighted by Gasteiger charge is -2.43. The predicted molar refractivity (Wildman–Crippen MR) is 142 cm³/mol. The molecule has 0 saturated carbocycles. The number of allylic oxidation sites excluding steroid dienone is 2. The van der Waals surface area contributed by atoms with E-state index in [4.69, 9.17) is 9.53 Å². The molecule has 33 heavy (non-hydrogen) atoms. The molecule has 3 nitrogen and oxygen atoms in total. The van der Waals surface area contributed by atoms with E-state index in [0.29, 0.717) is 6.42 Å². The molecule has 0 aliphatic rings. The molecule has 180 valence electrons. The maximum absolute atomic E-state index is 10.5. The van der Waals surface area contributed by atoms with Gasteiger partial charge in [0.05, 0.1) is 0 Å². The maximum Gasteiger partial charge on any atom is 0.303 e. The third-order valence-electron chi connectivity index (χ3n) is 6.18. The highest BCUT2D eigenvalue weighted by Gasteiger charge is 2.49. The number of carboxylic acids is 1. The van der Waals surface area contributed by atoms with Crippen molar-refractivity contribution in [2.75, 3.05) is 6.61 Å². The molecular formula is C29H42O3Si. The van der Waals surface area contributed by atoms with Crippen LogP contribution in [-0.4, -0.2) is 26.0 Å². The molecule has 0 saturated heterocycles. The zero-order valence-electron chi connectivity index (χ0n) is 20.8. The molecule has 0 amide bonds. The molecule has 0 spiro atoms. The largest absolute Gasteiger partial charge is 0.481 e. The van der Waals surface area contributed by atoms with Gasteiger partial charge in [0, 0.05) is 13.0 Å². The van der Waals surface area contributed by atoms with Gasteiger partial charge in [-0.2, -0.15) is 0 Å². The number of hydrogen-bond donors (Lipinski definition) is 1. The summed E-state index contributed by atoms with van der Waals surface area (Å²) < 4.78 is 6.94. The van der Waals surface area contributed by atoms with Crippen molar-refractivity contribution in [3.05, 3.63) is 72.8 Å². The summed E-state index contributed by atoms with van der Waals surface area (Å²) in [6.07, 6.45) is 13.3. The molecule has 4 heteroatoms. The lowest BCUT2D eigenvalue weighted by atomic mass is 10.1. The summed E-state index contributed by atoms with van der Waals surface area (Å²) in [5, 5.41) is 11.4. The van der Waals surface area contributed by atoms with Gasteiger partial charge in [0.1, 0.15) is 0 Å². The standard InChI is InChI=1S/C29H42O3Si/c1-29(2,3)33(26-20-14-12-15-21-26,27-22-16-13-17-23-27)32-25-19-11-9-7-5-4-6-8-10-18-24-28(30)31/h5,7,12-17,20-23H,4,6,8-11,18-19,24-25H2,1-3H3,(H,30,31)/b7-5-. The lowest BCUT2D eigenvalue weighted by molar-refractivity contribution is -0.137. The van der Waals surface area contributed by atoms with Gasteiger partial charge in [0.25, 0.3) is 8.32 Å². The average Bonchev–Trinajstić information content (AvgIpc) is 2.79. The van der Waals surface area contributed by atoms with Crippen molar-refractivity contribution in [3.8, 4) is 0 Å². The zero-order chi connectivity index (χ0) is 24.0.